The number of hydrogen-bond acceptors (Lipinski definition) is 4. The third-order valence-corrected chi connectivity index (χ3v) is 3.17. The van der Waals surface area contributed by atoms with Crippen molar-refractivity contribution in [3.8, 4) is 11.5 Å². The van der Waals surface area contributed by atoms with Gasteiger partial charge >= 0.3 is 0 Å². The van der Waals surface area contributed by atoms with Gasteiger partial charge in [-0.15, -0.1) is 0 Å². The molecule has 110 valence electrons. The van der Waals surface area contributed by atoms with Crippen molar-refractivity contribution >= 4 is 11.6 Å². The van der Waals surface area contributed by atoms with Gasteiger partial charge in [-0.05, 0) is 29.8 Å². The molecule has 0 aliphatic rings. The zero-order chi connectivity index (χ0) is 15.4. The Labute approximate surface area is 123 Å². The third kappa shape index (κ3) is 3.25. The fourth-order valence-corrected chi connectivity index (χ4v) is 2.14. The summed E-state index contributed by atoms with van der Waals surface area (Å²) in [5, 5.41) is 9.46. The minimum atomic E-state index is -0.228. The number of aromatic hydroxyl groups is 1. The number of phenolic OH excluding ortho intramolecular Hbond substituents is 1. The van der Waals surface area contributed by atoms with Gasteiger partial charge in [0.15, 0.2) is 0 Å². The van der Waals surface area contributed by atoms with Crippen LogP contribution >= 0.6 is 0 Å². The number of rotatable bonds is 4. The van der Waals surface area contributed by atoms with Crippen LogP contribution in [0.5, 0.6) is 11.5 Å². The Balaban J connectivity index is 2.24. The van der Waals surface area contributed by atoms with Gasteiger partial charge in [-0.25, -0.2) is 0 Å². The van der Waals surface area contributed by atoms with E-state index in [4.69, 9.17) is 10.5 Å². The molecule has 0 unspecified atom stereocenters. The molecule has 0 saturated carbocycles. The number of anilines is 1. The first-order valence-electron chi connectivity index (χ1n) is 6.48. The van der Waals surface area contributed by atoms with Gasteiger partial charge in [-0.1, -0.05) is 18.2 Å². The van der Waals surface area contributed by atoms with Crippen LogP contribution in [0.25, 0.3) is 0 Å². The Bertz CT molecular complexity index is 656. The van der Waals surface area contributed by atoms with Crippen molar-refractivity contribution in [2.75, 3.05) is 19.9 Å². The van der Waals surface area contributed by atoms with E-state index in [0.29, 0.717) is 23.5 Å². The minimum Gasteiger partial charge on any atom is -0.508 e. The number of amides is 1. The third-order valence-electron chi connectivity index (χ3n) is 3.17. The summed E-state index contributed by atoms with van der Waals surface area (Å²) in [6, 6.07) is 11.9. The van der Waals surface area contributed by atoms with E-state index in [2.05, 4.69) is 0 Å². The van der Waals surface area contributed by atoms with Gasteiger partial charge in [0.25, 0.3) is 5.91 Å². The van der Waals surface area contributed by atoms with Crippen molar-refractivity contribution in [1.29, 1.82) is 0 Å². The molecule has 0 aromatic heterocycles. The number of carbonyl (C=O) groups excluding carboxylic acids is 1. The van der Waals surface area contributed by atoms with Gasteiger partial charge in [0.2, 0.25) is 0 Å². The van der Waals surface area contributed by atoms with E-state index < -0.39 is 0 Å². The average molecular weight is 286 g/mol. The number of carbonyl (C=O) groups is 1. The molecule has 0 saturated heterocycles. The van der Waals surface area contributed by atoms with Gasteiger partial charge in [-0.2, -0.15) is 0 Å². The minimum absolute atomic E-state index is 0.171. The van der Waals surface area contributed by atoms with E-state index in [1.165, 1.54) is 12.0 Å². The smallest absolute Gasteiger partial charge is 0.259 e. The van der Waals surface area contributed by atoms with Crippen molar-refractivity contribution in [2.45, 2.75) is 6.54 Å². The maximum atomic E-state index is 12.5. The highest BCUT2D eigenvalue weighted by molar-refractivity contribution is 6.01. The number of methoxy groups -OCH3 is 1. The Kier molecular flexibility index (Phi) is 4.33. The Morgan fingerprint density at radius 2 is 2.00 bits per heavy atom. The highest BCUT2D eigenvalue weighted by Crippen LogP contribution is 2.26. The number of nitrogens with two attached hydrogens (primary N) is 1. The van der Waals surface area contributed by atoms with Crippen molar-refractivity contribution in [1.82, 2.24) is 4.90 Å². The monoisotopic (exact) mass is 286 g/mol. The molecule has 2 rings (SSSR count). The molecule has 1 amide bonds. The van der Waals surface area contributed by atoms with Gasteiger partial charge in [0, 0.05) is 19.3 Å². The van der Waals surface area contributed by atoms with Crippen molar-refractivity contribution in [3.05, 3.63) is 53.6 Å². The van der Waals surface area contributed by atoms with E-state index in [1.807, 2.05) is 6.07 Å². The summed E-state index contributed by atoms with van der Waals surface area (Å²) >= 11 is 0. The maximum absolute atomic E-state index is 12.5. The number of phenols is 1. The van der Waals surface area contributed by atoms with E-state index >= 15 is 0 Å². The summed E-state index contributed by atoms with van der Waals surface area (Å²) in [7, 11) is 3.18. The fraction of sp³-hybridized carbons (Fsp3) is 0.188. The van der Waals surface area contributed by atoms with Crippen LogP contribution in [0.1, 0.15) is 15.9 Å². The molecular formula is C16H18N2O3. The van der Waals surface area contributed by atoms with Crippen LogP contribution in [-0.2, 0) is 6.54 Å². The van der Waals surface area contributed by atoms with Gasteiger partial charge in [0.05, 0.1) is 7.11 Å². The lowest BCUT2D eigenvalue weighted by atomic mass is 10.1. The summed E-state index contributed by atoms with van der Waals surface area (Å²) in [6.07, 6.45) is 0. The molecule has 0 atom stereocenters. The number of nitrogen functional groups attached to an aromatic ring is 1. The lowest BCUT2D eigenvalue weighted by Gasteiger charge is -2.20. The molecule has 2 aromatic rings. The van der Waals surface area contributed by atoms with Gasteiger partial charge in [-0.3, -0.25) is 4.79 Å². The van der Waals surface area contributed by atoms with Crippen molar-refractivity contribution in [2.24, 2.45) is 0 Å². The molecule has 0 heterocycles. The number of ether oxygens (including phenoxy) is 1. The molecule has 21 heavy (non-hydrogen) atoms. The molecule has 0 spiro atoms. The average Bonchev–Trinajstić information content (AvgIpc) is 2.46. The molecule has 5 heteroatoms. The molecular weight excluding hydrogens is 268 g/mol. The summed E-state index contributed by atoms with van der Waals surface area (Å²) in [4.78, 5) is 14.1. The van der Waals surface area contributed by atoms with Gasteiger partial charge < -0.3 is 20.5 Å². The fourth-order valence-electron chi connectivity index (χ4n) is 2.14. The highest BCUT2D eigenvalue weighted by atomic mass is 16.5. The standard InChI is InChI=1S/C16H18N2O3/c1-18(10-11-5-3-6-12(19)9-11)16(20)15-13(17)7-4-8-14(15)21-2/h3-9,19H,10,17H2,1-2H3. The highest BCUT2D eigenvalue weighted by Gasteiger charge is 2.19. The predicted octanol–water partition coefficient (Wildman–Crippen LogP) is 2.26. The summed E-state index contributed by atoms with van der Waals surface area (Å²) in [5.74, 6) is 0.390. The lowest BCUT2D eigenvalue weighted by molar-refractivity contribution is 0.0782. The summed E-state index contributed by atoms with van der Waals surface area (Å²) in [5.41, 5.74) is 7.44. The van der Waals surface area contributed by atoms with Crippen LogP contribution in [0.15, 0.2) is 42.5 Å². The molecule has 0 aliphatic carbocycles. The second kappa shape index (κ2) is 6.17. The van der Waals surface area contributed by atoms with Crippen LogP contribution in [0.3, 0.4) is 0 Å². The quantitative estimate of drug-likeness (QED) is 0.845. The first-order chi connectivity index (χ1) is 10.0. The summed E-state index contributed by atoms with van der Waals surface area (Å²) in [6.45, 7) is 0.366. The van der Waals surface area contributed by atoms with Crippen LogP contribution in [0.2, 0.25) is 0 Å². The second-order valence-corrected chi connectivity index (χ2v) is 4.76. The largest absolute Gasteiger partial charge is 0.508 e. The first kappa shape index (κ1) is 14.7. The first-order valence-corrected chi connectivity index (χ1v) is 6.48. The molecule has 0 radical (unpaired) electrons. The molecule has 5 nitrogen and oxygen atoms in total. The van der Waals surface area contributed by atoms with Crippen LogP contribution in [0, 0.1) is 0 Å². The molecule has 2 aromatic carbocycles. The van der Waals surface area contributed by atoms with E-state index in [9.17, 15) is 9.90 Å². The van der Waals surface area contributed by atoms with Gasteiger partial charge in [0.1, 0.15) is 17.1 Å². The molecule has 0 fully saturated rings. The SMILES string of the molecule is COc1cccc(N)c1C(=O)N(C)Cc1cccc(O)c1. The number of hydrogen-bond donors (Lipinski definition) is 2. The van der Waals surface area contributed by atoms with E-state index in [1.54, 1.807) is 43.4 Å². The maximum Gasteiger partial charge on any atom is 0.259 e. The van der Waals surface area contributed by atoms with Crippen molar-refractivity contribution < 1.29 is 14.6 Å². The van der Waals surface area contributed by atoms with E-state index in [-0.39, 0.29) is 11.7 Å². The Morgan fingerprint density at radius 1 is 1.29 bits per heavy atom. The van der Waals surface area contributed by atoms with Crippen LogP contribution < -0.4 is 10.5 Å². The van der Waals surface area contributed by atoms with Crippen LogP contribution in [0.4, 0.5) is 5.69 Å². The zero-order valence-corrected chi connectivity index (χ0v) is 12.0. The normalized spacial score (nSPS) is 10.2. The summed E-state index contributed by atoms with van der Waals surface area (Å²) < 4.78 is 5.20. The second-order valence-electron chi connectivity index (χ2n) is 4.76. The predicted molar refractivity (Wildman–Crippen MR) is 81.3 cm³/mol. The van der Waals surface area contributed by atoms with Crippen LogP contribution in [-0.4, -0.2) is 30.1 Å². The molecule has 3 N–H and O–H groups in total. The Hall–Kier alpha value is -2.69. The topological polar surface area (TPSA) is 75.8 Å². The molecule has 0 bridgehead atoms. The van der Waals surface area contributed by atoms with Crippen molar-refractivity contribution in [3.63, 3.8) is 0 Å². The van der Waals surface area contributed by atoms with E-state index in [0.717, 1.165) is 5.56 Å². The zero-order valence-electron chi connectivity index (χ0n) is 12.0. The Morgan fingerprint density at radius 3 is 2.67 bits per heavy atom. The molecule has 0 aliphatic heterocycles. The number of benzene rings is 2. The lowest BCUT2D eigenvalue weighted by Crippen LogP contribution is -2.27. The number of nitrogens with zero attached hydrogens (tertiary/aromatic N) is 1.